The van der Waals surface area contributed by atoms with Gasteiger partial charge in [0.1, 0.15) is 11.7 Å². The highest BCUT2D eigenvalue weighted by atomic mass is 15.1. The van der Waals surface area contributed by atoms with Gasteiger partial charge in [-0.25, -0.2) is 20.0 Å². The van der Waals surface area contributed by atoms with Crippen LogP contribution < -0.4 is 16.0 Å². The molecule has 54 heavy (non-hydrogen) atoms. The van der Waals surface area contributed by atoms with Gasteiger partial charge in [-0.15, -0.1) is 0 Å². The zero-order valence-electron chi connectivity index (χ0n) is 29.6. The van der Waals surface area contributed by atoms with E-state index in [4.69, 9.17) is 9.98 Å². The Hall–Kier alpha value is -7.12. The fraction of sp³-hybridized carbons (Fsp3) is 0.0638. The topological polar surface area (TPSA) is 86.6 Å². The van der Waals surface area contributed by atoms with Crippen LogP contribution >= 0.6 is 0 Å². The summed E-state index contributed by atoms with van der Waals surface area (Å²) >= 11 is 0. The molecule has 0 fully saturated rings. The molecule has 0 spiro atoms. The third-order valence-corrected chi connectivity index (χ3v) is 11.1. The van der Waals surface area contributed by atoms with Crippen molar-refractivity contribution in [2.75, 3.05) is 16.0 Å². The van der Waals surface area contributed by atoms with Crippen molar-refractivity contribution in [3.63, 3.8) is 0 Å². The van der Waals surface area contributed by atoms with Crippen molar-refractivity contribution in [1.29, 1.82) is 0 Å². The van der Waals surface area contributed by atoms with E-state index in [-0.39, 0.29) is 5.41 Å². The average Bonchev–Trinajstić information content (AvgIpc) is 3.75. The summed E-state index contributed by atoms with van der Waals surface area (Å²) in [5, 5.41) is 15.6. The fourth-order valence-corrected chi connectivity index (χ4v) is 8.52. The molecular weight excluding hydrogens is 663 g/mol. The standard InChI is InChI=1S/C47H33N7/c1-47(2)35-25-27(29-17-21-39-43-31(29)9-7-11-33(43)45(51-39)53-41-13-3-5-23-48-41)15-19-37(35)50-38-20-16-28(26-36(38)47)30-18-22-40-44-32(30)10-8-12-34(44)46(52-40)54-42-14-4-6-24-49-42/h3-26,50H,1-2H3,(H,48,51,53)(H,49,52,54). The summed E-state index contributed by atoms with van der Waals surface area (Å²) in [5.74, 6) is 3.01. The zero-order chi connectivity index (χ0) is 36.0. The van der Waals surface area contributed by atoms with Gasteiger partial charge in [0.15, 0.2) is 11.6 Å². The van der Waals surface area contributed by atoms with Crippen molar-refractivity contribution in [2.45, 2.75) is 19.3 Å². The predicted molar refractivity (Wildman–Crippen MR) is 222 cm³/mol. The first-order valence-corrected chi connectivity index (χ1v) is 18.2. The number of fused-ring (bicyclic) bond motifs is 2. The predicted octanol–water partition coefficient (Wildman–Crippen LogP) is 11.5. The molecule has 0 bridgehead atoms. The Labute approximate surface area is 312 Å². The van der Waals surface area contributed by atoms with Crippen LogP contribution in [-0.2, 0) is 5.41 Å². The lowest BCUT2D eigenvalue weighted by molar-refractivity contribution is 0.638. The van der Waals surface area contributed by atoms with Gasteiger partial charge in [0.2, 0.25) is 0 Å². The maximum atomic E-state index is 4.85. The van der Waals surface area contributed by atoms with Crippen molar-refractivity contribution in [1.82, 2.24) is 9.97 Å². The number of hydrogen-bond acceptors (Lipinski definition) is 5. The number of benzene rings is 6. The summed E-state index contributed by atoms with van der Waals surface area (Å²) in [6.45, 7) is 4.68. The number of hydrogen-bond donors (Lipinski definition) is 3. The molecule has 0 saturated carbocycles. The van der Waals surface area contributed by atoms with Crippen molar-refractivity contribution in [3.8, 4) is 22.3 Å². The third-order valence-electron chi connectivity index (χ3n) is 11.1. The SMILES string of the molecule is CC1(C)c2cc(-c3ccc4c5c(cccc35)/C(=N/c3ccccn3)N4)ccc2Nc2ccc(-c3ccc4c5c(cccc35)/C(=N/c3ccccn3)N4)cc21. The molecule has 3 aliphatic rings. The van der Waals surface area contributed by atoms with E-state index in [1.807, 2.05) is 36.4 Å². The van der Waals surface area contributed by atoms with Gasteiger partial charge in [-0.05, 0) is 105 Å². The molecule has 0 atom stereocenters. The van der Waals surface area contributed by atoms with E-state index < -0.39 is 0 Å². The molecule has 0 amide bonds. The van der Waals surface area contributed by atoms with Crippen LogP contribution in [0.15, 0.2) is 156 Å². The molecule has 5 heterocycles. The third kappa shape index (κ3) is 4.61. The molecule has 6 aromatic carbocycles. The highest BCUT2D eigenvalue weighted by Gasteiger charge is 2.34. The quantitative estimate of drug-likeness (QED) is 0.171. The van der Waals surface area contributed by atoms with Crippen LogP contribution in [-0.4, -0.2) is 21.6 Å². The molecule has 7 heteroatoms. The van der Waals surface area contributed by atoms with Crippen molar-refractivity contribution in [3.05, 3.63) is 168 Å². The van der Waals surface area contributed by atoms with Gasteiger partial charge in [0, 0.05) is 62.5 Å². The maximum absolute atomic E-state index is 4.85. The summed E-state index contributed by atoms with van der Waals surface area (Å²) < 4.78 is 0. The van der Waals surface area contributed by atoms with E-state index in [9.17, 15) is 0 Å². The van der Waals surface area contributed by atoms with Gasteiger partial charge in [-0.2, -0.15) is 0 Å². The molecule has 8 aromatic rings. The van der Waals surface area contributed by atoms with Crippen LogP contribution in [0.1, 0.15) is 36.1 Å². The molecule has 0 saturated heterocycles. The van der Waals surface area contributed by atoms with E-state index >= 15 is 0 Å². The Balaban J connectivity index is 0.980. The number of amidine groups is 2. The van der Waals surface area contributed by atoms with Gasteiger partial charge in [0.05, 0.1) is 0 Å². The number of aromatic nitrogens is 2. The first-order valence-electron chi connectivity index (χ1n) is 18.2. The highest BCUT2D eigenvalue weighted by Crippen LogP contribution is 2.49. The largest absolute Gasteiger partial charge is 0.355 e. The lowest BCUT2D eigenvalue weighted by Gasteiger charge is -2.36. The van der Waals surface area contributed by atoms with Crippen LogP contribution in [0.2, 0.25) is 0 Å². The number of rotatable bonds is 4. The minimum Gasteiger partial charge on any atom is -0.355 e. The molecule has 0 radical (unpaired) electrons. The molecule has 11 rings (SSSR count). The van der Waals surface area contributed by atoms with Crippen LogP contribution in [0.25, 0.3) is 43.8 Å². The number of aliphatic imine (C=N–C) groups is 2. The fourth-order valence-electron chi connectivity index (χ4n) is 8.52. The van der Waals surface area contributed by atoms with E-state index in [2.05, 4.69) is 137 Å². The molecule has 256 valence electrons. The second-order valence-electron chi connectivity index (χ2n) is 14.6. The molecule has 0 aliphatic carbocycles. The van der Waals surface area contributed by atoms with Gasteiger partial charge in [-0.3, -0.25) is 0 Å². The number of pyridine rings is 2. The molecule has 2 aromatic heterocycles. The van der Waals surface area contributed by atoms with Gasteiger partial charge < -0.3 is 16.0 Å². The zero-order valence-corrected chi connectivity index (χ0v) is 29.6. The van der Waals surface area contributed by atoms with Crippen LogP contribution in [0, 0.1) is 0 Å². The van der Waals surface area contributed by atoms with E-state index in [0.717, 1.165) is 45.5 Å². The van der Waals surface area contributed by atoms with Crippen molar-refractivity contribution >= 4 is 67.6 Å². The molecular formula is C47H33N7. The summed E-state index contributed by atoms with van der Waals surface area (Å²) in [5.41, 5.74) is 13.6. The summed E-state index contributed by atoms with van der Waals surface area (Å²) in [7, 11) is 0. The Morgan fingerprint density at radius 1 is 0.444 bits per heavy atom. The van der Waals surface area contributed by atoms with Crippen LogP contribution in [0.5, 0.6) is 0 Å². The average molecular weight is 696 g/mol. The second kappa shape index (κ2) is 11.4. The Bertz CT molecular complexity index is 2730. The van der Waals surface area contributed by atoms with Crippen molar-refractivity contribution < 1.29 is 0 Å². The molecule has 3 N–H and O–H groups in total. The lowest BCUT2D eigenvalue weighted by Crippen LogP contribution is -2.26. The summed E-state index contributed by atoms with van der Waals surface area (Å²) in [6, 6.07) is 47.0. The number of nitrogens with zero attached hydrogens (tertiary/aromatic N) is 4. The van der Waals surface area contributed by atoms with Crippen molar-refractivity contribution in [2.24, 2.45) is 9.98 Å². The van der Waals surface area contributed by atoms with Crippen LogP contribution in [0.3, 0.4) is 0 Å². The number of anilines is 4. The minimum absolute atomic E-state index is 0.264. The van der Waals surface area contributed by atoms with E-state index in [1.54, 1.807) is 12.4 Å². The van der Waals surface area contributed by atoms with Crippen LogP contribution in [0.4, 0.5) is 34.4 Å². The van der Waals surface area contributed by atoms with Gasteiger partial charge in [-0.1, -0.05) is 86.6 Å². The normalized spacial score (nSPS) is 15.9. The summed E-state index contributed by atoms with van der Waals surface area (Å²) in [4.78, 5) is 18.5. The smallest absolute Gasteiger partial charge is 0.154 e. The lowest BCUT2D eigenvalue weighted by atomic mass is 9.73. The number of nitrogens with one attached hydrogen (secondary N) is 3. The van der Waals surface area contributed by atoms with E-state index in [1.165, 1.54) is 54.9 Å². The highest BCUT2D eigenvalue weighted by molar-refractivity contribution is 6.29. The monoisotopic (exact) mass is 695 g/mol. The van der Waals surface area contributed by atoms with E-state index in [0.29, 0.717) is 11.6 Å². The first-order chi connectivity index (χ1) is 26.5. The Morgan fingerprint density at radius 3 is 1.39 bits per heavy atom. The Morgan fingerprint density at radius 2 is 0.926 bits per heavy atom. The molecule has 0 unspecified atom stereocenters. The van der Waals surface area contributed by atoms with Gasteiger partial charge >= 0.3 is 0 Å². The summed E-state index contributed by atoms with van der Waals surface area (Å²) in [6.07, 6.45) is 3.54. The molecule has 3 aliphatic heterocycles. The maximum Gasteiger partial charge on any atom is 0.154 e. The first kappa shape index (κ1) is 30.5. The minimum atomic E-state index is -0.264. The Kier molecular flexibility index (Phi) is 6.46. The van der Waals surface area contributed by atoms with Gasteiger partial charge in [0.25, 0.3) is 0 Å². The second-order valence-corrected chi connectivity index (χ2v) is 14.6. The molecule has 7 nitrogen and oxygen atoms in total.